The fourth-order valence-electron chi connectivity index (χ4n) is 3.57. The fourth-order valence-corrected chi connectivity index (χ4v) is 3.57. The summed E-state index contributed by atoms with van der Waals surface area (Å²) in [7, 11) is 0. The van der Waals surface area contributed by atoms with E-state index < -0.39 is 0 Å². The number of hydrogen-bond donors (Lipinski definition) is 3. The molecule has 0 aliphatic carbocycles. The zero-order valence-electron chi connectivity index (χ0n) is 16.1. The molecule has 146 valence electrons. The highest BCUT2D eigenvalue weighted by molar-refractivity contribution is 5.75. The predicted octanol–water partition coefficient (Wildman–Crippen LogP) is 4.94. The molecular formula is C24H22N2O3. The van der Waals surface area contributed by atoms with Crippen molar-refractivity contribution in [3.63, 3.8) is 0 Å². The molecule has 0 radical (unpaired) electrons. The first kappa shape index (κ1) is 18.6. The maximum atomic E-state index is 9.84. The van der Waals surface area contributed by atoms with Gasteiger partial charge in [-0.15, -0.1) is 0 Å². The molecular weight excluding hydrogens is 364 g/mol. The molecule has 0 bridgehead atoms. The van der Waals surface area contributed by atoms with E-state index in [0.717, 1.165) is 40.1 Å². The van der Waals surface area contributed by atoms with E-state index in [2.05, 4.69) is 6.92 Å². The highest BCUT2D eigenvalue weighted by Crippen LogP contribution is 2.34. The van der Waals surface area contributed by atoms with Crippen molar-refractivity contribution >= 4 is 0 Å². The Morgan fingerprint density at radius 2 is 1.38 bits per heavy atom. The molecule has 4 rings (SSSR count). The Bertz CT molecular complexity index is 1130. The standard InChI is InChI=1S/C24H22N2O3/c1-2-22-23(17-6-10-19(27)11-7-17)25-26(15-16-4-3-5-21(29)14-16)24(22)18-8-12-20(28)13-9-18/h3-14,27-29H,2,15H2,1H3. The number of aromatic nitrogens is 2. The lowest BCUT2D eigenvalue weighted by Gasteiger charge is -2.10. The quantitative estimate of drug-likeness (QED) is 0.454. The van der Waals surface area contributed by atoms with Crippen LogP contribution in [-0.4, -0.2) is 25.1 Å². The maximum absolute atomic E-state index is 9.84. The monoisotopic (exact) mass is 386 g/mol. The first-order valence-electron chi connectivity index (χ1n) is 9.51. The molecule has 5 heteroatoms. The third kappa shape index (κ3) is 3.80. The van der Waals surface area contributed by atoms with Crippen LogP contribution in [0.15, 0.2) is 72.8 Å². The lowest BCUT2D eigenvalue weighted by atomic mass is 9.99. The number of rotatable bonds is 5. The zero-order chi connectivity index (χ0) is 20.4. The van der Waals surface area contributed by atoms with Crippen LogP contribution in [0.25, 0.3) is 22.5 Å². The molecule has 0 saturated heterocycles. The Kier molecular flexibility index (Phi) is 4.96. The molecule has 0 saturated carbocycles. The van der Waals surface area contributed by atoms with Crippen LogP contribution < -0.4 is 0 Å². The SMILES string of the molecule is CCc1c(-c2ccc(O)cc2)nn(Cc2cccc(O)c2)c1-c1ccc(O)cc1. The molecule has 4 aromatic rings. The van der Waals surface area contributed by atoms with Gasteiger partial charge in [0.05, 0.1) is 17.9 Å². The molecule has 0 amide bonds. The number of benzene rings is 3. The number of phenols is 3. The topological polar surface area (TPSA) is 78.5 Å². The van der Waals surface area contributed by atoms with E-state index in [-0.39, 0.29) is 17.2 Å². The summed E-state index contributed by atoms with van der Waals surface area (Å²) in [4.78, 5) is 0. The lowest BCUT2D eigenvalue weighted by Crippen LogP contribution is -2.04. The van der Waals surface area contributed by atoms with Crippen molar-refractivity contribution in [2.45, 2.75) is 19.9 Å². The van der Waals surface area contributed by atoms with Crippen molar-refractivity contribution in [2.75, 3.05) is 0 Å². The van der Waals surface area contributed by atoms with E-state index in [1.807, 2.05) is 41.1 Å². The van der Waals surface area contributed by atoms with Gasteiger partial charge in [0.15, 0.2) is 0 Å². The van der Waals surface area contributed by atoms with Crippen LogP contribution in [0.2, 0.25) is 0 Å². The van der Waals surface area contributed by atoms with Gasteiger partial charge in [-0.25, -0.2) is 0 Å². The van der Waals surface area contributed by atoms with E-state index in [1.165, 1.54) is 0 Å². The van der Waals surface area contributed by atoms with Gasteiger partial charge in [0, 0.05) is 16.7 Å². The predicted molar refractivity (Wildman–Crippen MR) is 113 cm³/mol. The summed E-state index contributed by atoms with van der Waals surface area (Å²) in [5, 5.41) is 34.1. The average Bonchev–Trinajstić information content (AvgIpc) is 3.07. The third-order valence-corrected chi connectivity index (χ3v) is 4.93. The second-order valence-corrected chi connectivity index (χ2v) is 6.95. The van der Waals surface area contributed by atoms with Gasteiger partial charge >= 0.3 is 0 Å². The van der Waals surface area contributed by atoms with E-state index in [1.54, 1.807) is 36.4 Å². The van der Waals surface area contributed by atoms with Gasteiger partial charge in [-0.05, 0) is 72.6 Å². The molecule has 5 nitrogen and oxygen atoms in total. The highest BCUT2D eigenvalue weighted by atomic mass is 16.3. The summed E-state index contributed by atoms with van der Waals surface area (Å²) in [6.07, 6.45) is 0.770. The minimum absolute atomic E-state index is 0.213. The van der Waals surface area contributed by atoms with Crippen LogP contribution in [0.4, 0.5) is 0 Å². The minimum atomic E-state index is 0.213. The molecule has 1 aromatic heterocycles. The first-order chi connectivity index (χ1) is 14.0. The van der Waals surface area contributed by atoms with Crippen LogP contribution in [0.3, 0.4) is 0 Å². The summed E-state index contributed by atoms with van der Waals surface area (Å²) >= 11 is 0. The molecule has 0 atom stereocenters. The molecule has 3 aromatic carbocycles. The second-order valence-electron chi connectivity index (χ2n) is 6.95. The van der Waals surface area contributed by atoms with Crippen LogP contribution in [0.5, 0.6) is 17.2 Å². The number of nitrogens with zero attached hydrogens (tertiary/aromatic N) is 2. The minimum Gasteiger partial charge on any atom is -0.508 e. The van der Waals surface area contributed by atoms with Gasteiger partial charge < -0.3 is 15.3 Å². The number of hydrogen-bond acceptors (Lipinski definition) is 4. The van der Waals surface area contributed by atoms with Gasteiger partial charge in [-0.3, -0.25) is 4.68 Å². The number of aromatic hydroxyl groups is 3. The van der Waals surface area contributed by atoms with Gasteiger partial charge in [0.2, 0.25) is 0 Å². The second kappa shape index (κ2) is 7.72. The van der Waals surface area contributed by atoms with Crippen molar-refractivity contribution < 1.29 is 15.3 Å². The third-order valence-electron chi connectivity index (χ3n) is 4.93. The smallest absolute Gasteiger partial charge is 0.115 e. The summed E-state index contributed by atoms with van der Waals surface area (Å²) in [6, 6.07) is 21.3. The van der Waals surface area contributed by atoms with Crippen LogP contribution >= 0.6 is 0 Å². The van der Waals surface area contributed by atoms with Gasteiger partial charge in [-0.1, -0.05) is 19.1 Å². The first-order valence-corrected chi connectivity index (χ1v) is 9.51. The largest absolute Gasteiger partial charge is 0.508 e. The Labute approximate surface area is 169 Å². The van der Waals surface area contributed by atoms with Gasteiger partial charge in [0.1, 0.15) is 17.2 Å². The van der Waals surface area contributed by atoms with Crippen molar-refractivity contribution in [2.24, 2.45) is 0 Å². The summed E-state index contributed by atoms with van der Waals surface area (Å²) in [5.41, 5.74) is 5.73. The molecule has 3 N–H and O–H groups in total. The maximum Gasteiger partial charge on any atom is 0.115 e. The zero-order valence-corrected chi connectivity index (χ0v) is 16.1. The van der Waals surface area contributed by atoms with Crippen molar-refractivity contribution in [1.29, 1.82) is 0 Å². The van der Waals surface area contributed by atoms with Crippen LogP contribution in [0.1, 0.15) is 18.1 Å². The Balaban J connectivity index is 1.89. The fraction of sp³-hybridized carbons (Fsp3) is 0.125. The average molecular weight is 386 g/mol. The van der Waals surface area contributed by atoms with E-state index >= 15 is 0 Å². The molecule has 0 aliphatic rings. The van der Waals surface area contributed by atoms with E-state index in [9.17, 15) is 15.3 Å². The highest BCUT2D eigenvalue weighted by Gasteiger charge is 2.20. The molecule has 0 fully saturated rings. The molecule has 0 spiro atoms. The van der Waals surface area contributed by atoms with Crippen LogP contribution in [0, 0.1) is 0 Å². The Morgan fingerprint density at radius 3 is 1.97 bits per heavy atom. The number of phenolic OH excluding ortho intramolecular Hbond substituents is 3. The molecule has 1 heterocycles. The summed E-state index contributed by atoms with van der Waals surface area (Å²) in [6.45, 7) is 2.58. The Hall–Kier alpha value is -3.73. The van der Waals surface area contributed by atoms with Crippen molar-refractivity contribution in [3.05, 3.63) is 83.9 Å². The normalized spacial score (nSPS) is 10.9. The van der Waals surface area contributed by atoms with Crippen LogP contribution in [-0.2, 0) is 13.0 Å². The molecule has 0 unspecified atom stereocenters. The van der Waals surface area contributed by atoms with Gasteiger partial charge in [0.25, 0.3) is 0 Å². The molecule has 0 aliphatic heterocycles. The van der Waals surface area contributed by atoms with Crippen molar-refractivity contribution in [3.8, 4) is 39.8 Å². The molecule has 29 heavy (non-hydrogen) atoms. The summed E-state index contributed by atoms with van der Waals surface area (Å²) < 4.78 is 1.93. The van der Waals surface area contributed by atoms with Gasteiger partial charge in [-0.2, -0.15) is 5.10 Å². The summed E-state index contributed by atoms with van der Waals surface area (Å²) in [5.74, 6) is 0.643. The van der Waals surface area contributed by atoms with E-state index in [4.69, 9.17) is 5.10 Å². The Morgan fingerprint density at radius 1 is 0.759 bits per heavy atom. The lowest BCUT2D eigenvalue weighted by molar-refractivity contribution is 0.473. The van der Waals surface area contributed by atoms with E-state index in [0.29, 0.717) is 6.54 Å². The van der Waals surface area contributed by atoms with Crippen molar-refractivity contribution in [1.82, 2.24) is 9.78 Å².